The van der Waals surface area contributed by atoms with Gasteiger partial charge in [0.25, 0.3) is 0 Å². The summed E-state index contributed by atoms with van der Waals surface area (Å²) in [5, 5.41) is 7.13. The first-order valence-electron chi connectivity index (χ1n) is 9.66. The van der Waals surface area contributed by atoms with Gasteiger partial charge in [-0.2, -0.15) is 5.10 Å². The molecule has 1 aliphatic rings. The van der Waals surface area contributed by atoms with Crippen LogP contribution in [0.5, 0.6) is 11.5 Å². The largest absolute Gasteiger partial charge is 0.497 e. The first kappa shape index (κ1) is 20.4. The summed E-state index contributed by atoms with van der Waals surface area (Å²) < 4.78 is 13.0. The van der Waals surface area contributed by atoms with E-state index in [0.717, 1.165) is 46.0 Å². The van der Waals surface area contributed by atoms with Gasteiger partial charge in [0.05, 0.1) is 26.5 Å². The van der Waals surface area contributed by atoms with E-state index in [2.05, 4.69) is 18.9 Å². The Labute approximate surface area is 171 Å². The number of rotatable bonds is 6. The van der Waals surface area contributed by atoms with Crippen LogP contribution in [0.15, 0.2) is 45.8 Å². The smallest absolute Gasteiger partial charge is 0.206 e. The highest BCUT2D eigenvalue weighted by Gasteiger charge is 2.18. The lowest BCUT2D eigenvalue weighted by atomic mass is 9.89. The van der Waals surface area contributed by atoms with Crippen molar-refractivity contribution in [2.75, 3.05) is 20.8 Å². The topological polar surface area (TPSA) is 48.1 Å². The van der Waals surface area contributed by atoms with E-state index in [1.807, 2.05) is 29.8 Å². The summed E-state index contributed by atoms with van der Waals surface area (Å²) in [6.45, 7) is 8.85. The number of hydrogen-bond donors (Lipinski definition) is 0. The lowest BCUT2D eigenvalue weighted by Crippen LogP contribution is -2.19. The molecule has 5 nitrogen and oxygen atoms in total. The average molecular weight is 400 g/mol. The van der Waals surface area contributed by atoms with E-state index in [-0.39, 0.29) is 0 Å². The van der Waals surface area contributed by atoms with Crippen LogP contribution in [0.25, 0.3) is 11.3 Å². The number of thiazole rings is 1. The molecule has 1 aliphatic carbocycles. The maximum Gasteiger partial charge on any atom is 0.206 e. The lowest BCUT2D eigenvalue weighted by molar-refractivity contribution is 0.404. The zero-order valence-electron chi connectivity index (χ0n) is 17.2. The van der Waals surface area contributed by atoms with Crippen LogP contribution in [0.1, 0.15) is 39.5 Å². The van der Waals surface area contributed by atoms with Crippen LogP contribution >= 0.6 is 11.3 Å². The van der Waals surface area contributed by atoms with Crippen molar-refractivity contribution in [2.45, 2.75) is 39.5 Å². The molecule has 0 amide bonds. The van der Waals surface area contributed by atoms with Crippen molar-refractivity contribution in [3.8, 4) is 22.8 Å². The van der Waals surface area contributed by atoms with Crippen LogP contribution in [-0.2, 0) is 0 Å². The van der Waals surface area contributed by atoms with Gasteiger partial charge in [-0.15, -0.1) is 11.3 Å². The van der Waals surface area contributed by atoms with E-state index < -0.39 is 0 Å². The minimum absolute atomic E-state index is 0.594. The van der Waals surface area contributed by atoms with Crippen molar-refractivity contribution in [1.29, 1.82) is 0 Å². The molecule has 0 spiro atoms. The molecule has 0 saturated heterocycles. The fourth-order valence-corrected chi connectivity index (χ4v) is 4.22. The van der Waals surface area contributed by atoms with Crippen molar-refractivity contribution < 1.29 is 9.47 Å². The third kappa shape index (κ3) is 4.73. The fourth-order valence-electron chi connectivity index (χ4n) is 3.40. The van der Waals surface area contributed by atoms with Crippen LogP contribution in [0, 0.1) is 5.92 Å². The standard InChI is InChI=1S/C22H29N3O2S/c1-15(2)13-23-22-25(24-17-8-6-7-16(3)11-17)20(14-28-22)19-12-18(26-4)9-10-21(19)27-5/h9-10,12,14,16H,1,6-8,11,13H2,2-5H3. The molecule has 28 heavy (non-hydrogen) atoms. The van der Waals surface area contributed by atoms with Crippen LogP contribution in [0.4, 0.5) is 0 Å². The quantitative estimate of drug-likeness (QED) is 0.633. The summed E-state index contributed by atoms with van der Waals surface area (Å²) >= 11 is 1.59. The zero-order chi connectivity index (χ0) is 20.1. The molecule has 3 rings (SSSR count). The summed E-state index contributed by atoms with van der Waals surface area (Å²) in [7, 11) is 3.35. The Hall–Kier alpha value is -2.34. The summed E-state index contributed by atoms with van der Waals surface area (Å²) in [6.07, 6.45) is 4.55. The van der Waals surface area contributed by atoms with Crippen LogP contribution in [0.3, 0.4) is 0 Å². The lowest BCUT2D eigenvalue weighted by Gasteiger charge is -2.19. The number of ether oxygens (including phenoxy) is 2. The monoisotopic (exact) mass is 399 g/mol. The molecular weight excluding hydrogens is 370 g/mol. The Balaban J connectivity index is 2.16. The molecule has 1 unspecified atom stereocenters. The summed E-state index contributed by atoms with van der Waals surface area (Å²) in [5.41, 5.74) is 4.17. The summed E-state index contributed by atoms with van der Waals surface area (Å²) in [5.74, 6) is 2.25. The van der Waals surface area contributed by atoms with Gasteiger partial charge in [-0.3, -0.25) is 4.99 Å². The molecule has 1 aromatic carbocycles. The molecule has 6 heteroatoms. The van der Waals surface area contributed by atoms with Gasteiger partial charge >= 0.3 is 0 Å². The van der Waals surface area contributed by atoms with Gasteiger partial charge in [-0.1, -0.05) is 19.1 Å². The predicted molar refractivity (Wildman–Crippen MR) is 117 cm³/mol. The van der Waals surface area contributed by atoms with Gasteiger partial charge in [-0.05, 0) is 56.7 Å². The molecule has 1 atom stereocenters. The molecule has 2 aromatic rings. The van der Waals surface area contributed by atoms with Gasteiger partial charge in [-0.25, -0.2) is 4.68 Å². The highest BCUT2D eigenvalue weighted by molar-refractivity contribution is 7.07. The third-order valence-corrected chi connectivity index (χ3v) is 5.69. The normalized spacial score (nSPS) is 19.1. The zero-order valence-corrected chi connectivity index (χ0v) is 18.0. The van der Waals surface area contributed by atoms with E-state index in [1.54, 1.807) is 25.6 Å². The van der Waals surface area contributed by atoms with Crippen molar-refractivity contribution >= 4 is 17.0 Å². The second-order valence-electron chi connectivity index (χ2n) is 7.42. The van der Waals surface area contributed by atoms with Crippen molar-refractivity contribution in [3.05, 3.63) is 40.5 Å². The molecule has 0 bridgehead atoms. The Morgan fingerprint density at radius 2 is 2.14 bits per heavy atom. The average Bonchev–Trinajstić information content (AvgIpc) is 3.08. The maximum absolute atomic E-state index is 5.61. The van der Waals surface area contributed by atoms with Gasteiger partial charge in [0.2, 0.25) is 4.80 Å². The van der Waals surface area contributed by atoms with Gasteiger partial charge in [0.15, 0.2) is 0 Å². The molecule has 150 valence electrons. The van der Waals surface area contributed by atoms with Crippen molar-refractivity contribution in [1.82, 2.24) is 4.68 Å². The molecular formula is C22H29N3O2S. The van der Waals surface area contributed by atoms with E-state index in [0.29, 0.717) is 12.5 Å². The van der Waals surface area contributed by atoms with Crippen LogP contribution in [0.2, 0.25) is 0 Å². The second-order valence-corrected chi connectivity index (χ2v) is 8.26. The summed E-state index contributed by atoms with van der Waals surface area (Å²) in [4.78, 5) is 5.61. The minimum atomic E-state index is 0.594. The summed E-state index contributed by atoms with van der Waals surface area (Å²) in [6, 6.07) is 5.82. The van der Waals surface area contributed by atoms with Crippen LogP contribution in [-0.4, -0.2) is 31.2 Å². The first-order valence-corrected chi connectivity index (χ1v) is 10.5. The van der Waals surface area contributed by atoms with Gasteiger partial charge in [0, 0.05) is 16.7 Å². The molecule has 1 fully saturated rings. The Bertz CT molecular complexity index is 939. The fraction of sp³-hybridized carbons (Fsp3) is 0.455. The molecule has 1 aromatic heterocycles. The van der Waals surface area contributed by atoms with Gasteiger partial charge < -0.3 is 9.47 Å². The highest BCUT2D eigenvalue weighted by Crippen LogP contribution is 2.34. The SMILES string of the molecule is C=C(C)CN=c1scc(-c2cc(OC)ccc2OC)n1N=C1CCCC(C)C1. The van der Waals surface area contributed by atoms with Gasteiger partial charge in [0.1, 0.15) is 11.5 Å². The number of aromatic nitrogens is 1. The van der Waals surface area contributed by atoms with E-state index in [1.165, 1.54) is 18.6 Å². The Morgan fingerprint density at radius 1 is 1.32 bits per heavy atom. The maximum atomic E-state index is 5.61. The first-order chi connectivity index (χ1) is 13.5. The van der Waals surface area contributed by atoms with Crippen molar-refractivity contribution in [3.63, 3.8) is 0 Å². The number of methoxy groups -OCH3 is 2. The number of benzene rings is 1. The minimum Gasteiger partial charge on any atom is -0.497 e. The molecule has 1 heterocycles. The number of nitrogens with zero attached hydrogens (tertiary/aromatic N) is 3. The Kier molecular flexibility index (Phi) is 6.73. The van der Waals surface area contributed by atoms with E-state index >= 15 is 0 Å². The molecule has 0 aliphatic heterocycles. The highest BCUT2D eigenvalue weighted by atomic mass is 32.1. The van der Waals surface area contributed by atoms with Crippen LogP contribution < -0.4 is 14.3 Å². The van der Waals surface area contributed by atoms with E-state index in [9.17, 15) is 0 Å². The molecule has 1 saturated carbocycles. The molecule has 0 N–H and O–H groups in total. The second kappa shape index (κ2) is 9.24. The predicted octanol–water partition coefficient (Wildman–Crippen LogP) is 5.12. The number of hydrogen-bond acceptors (Lipinski definition) is 5. The van der Waals surface area contributed by atoms with E-state index in [4.69, 9.17) is 19.6 Å². The third-order valence-electron chi connectivity index (χ3n) is 4.84. The van der Waals surface area contributed by atoms with Crippen molar-refractivity contribution in [2.24, 2.45) is 16.0 Å². The molecule has 0 radical (unpaired) electrons. The Morgan fingerprint density at radius 3 is 2.82 bits per heavy atom.